The number of hydrogen-bond acceptors (Lipinski definition) is 5. The zero-order chi connectivity index (χ0) is 18.6. The number of likely N-dealkylation sites (tertiary alicyclic amines) is 1. The molecule has 0 bridgehead atoms. The fraction of sp³-hybridized carbons (Fsp3) is 0.286. The number of hydrogen-bond donors (Lipinski definition) is 2. The molecule has 2 heterocycles. The van der Waals surface area contributed by atoms with Crippen molar-refractivity contribution in [1.29, 1.82) is 5.41 Å². The molecule has 6 heteroatoms. The summed E-state index contributed by atoms with van der Waals surface area (Å²) in [4.78, 5) is 2.52. The van der Waals surface area contributed by atoms with E-state index in [4.69, 9.17) is 11.1 Å². The fourth-order valence-corrected chi connectivity index (χ4v) is 3.52. The molecule has 0 aliphatic carbocycles. The van der Waals surface area contributed by atoms with Crippen molar-refractivity contribution in [3.8, 4) is 5.69 Å². The molecule has 2 aromatic carbocycles. The van der Waals surface area contributed by atoms with E-state index in [2.05, 4.69) is 33.4 Å². The van der Waals surface area contributed by atoms with Crippen LogP contribution in [0.2, 0.25) is 0 Å². The zero-order valence-corrected chi connectivity index (χ0v) is 15.3. The molecular weight excluding hydrogens is 336 g/mol. The van der Waals surface area contributed by atoms with E-state index in [-0.39, 0.29) is 5.71 Å². The molecule has 0 radical (unpaired) electrons. The highest BCUT2D eigenvalue weighted by Crippen LogP contribution is 2.17. The van der Waals surface area contributed by atoms with Crippen LogP contribution < -0.4 is 5.73 Å². The lowest BCUT2D eigenvalue weighted by molar-refractivity contribution is 0.343. The first-order chi connectivity index (χ1) is 13.2. The molecule has 4 rings (SSSR count). The van der Waals surface area contributed by atoms with E-state index in [0.717, 1.165) is 18.7 Å². The van der Waals surface area contributed by atoms with Crippen LogP contribution in [0.15, 0.2) is 54.7 Å². The summed E-state index contributed by atoms with van der Waals surface area (Å²) in [6.07, 6.45) is 5.46. The first kappa shape index (κ1) is 17.4. The predicted molar refractivity (Wildman–Crippen MR) is 108 cm³/mol. The smallest absolute Gasteiger partial charge is 0.131 e. The SMILES string of the molecule is N=C(c1cn(-c2cccc(CCN3CCCC3)c2)nn1)c1ccccc1N. The van der Waals surface area contributed by atoms with Crippen LogP contribution in [0.3, 0.4) is 0 Å². The molecule has 27 heavy (non-hydrogen) atoms. The second-order valence-corrected chi connectivity index (χ2v) is 6.98. The third-order valence-corrected chi connectivity index (χ3v) is 5.07. The van der Waals surface area contributed by atoms with Crippen LogP contribution in [0.25, 0.3) is 5.69 Å². The summed E-state index contributed by atoms with van der Waals surface area (Å²) in [6.45, 7) is 3.54. The Morgan fingerprint density at radius 2 is 1.89 bits per heavy atom. The van der Waals surface area contributed by atoms with Crippen molar-refractivity contribution in [2.75, 3.05) is 25.4 Å². The van der Waals surface area contributed by atoms with E-state index in [0.29, 0.717) is 16.9 Å². The first-order valence-corrected chi connectivity index (χ1v) is 9.38. The largest absolute Gasteiger partial charge is 0.398 e. The second kappa shape index (κ2) is 7.72. The van der Waals surface area contributed by atoms with Gasteiger partial charge in [-0.05, 0) is 56.1 Å². The molecule has 3 N–H and O–H groups in total. The molecule has 1 aliphatic heterocycles. The zero-order valence-electron chi connectivity index (χ0n) is 15.3. The lowest BCUT2D eigenvalue weighted by atomic mass is 10.1. The highest BCUT2D eigenvalue weighted by molar-refractivity contribution is 6.12. The van der Waals surface area contributed by atoms with Gasteiger partial charge in [-0.2, -0.15) is 0 Å². The Morgan fingerprint density at radius 3 is 2.70 bits per heavy atom. The van der Waals surface area contributed by atoms with Crippen LogP contribution in [0.1, 0.15) is 29.7 Å². The number of nitrogens with zero attached hydrogens (tertiary/aromatic N) is 4. The fourth-order valence-electron chi connectivity index (χ4n) is 3.52. The minimum atomic E-state index is 0.282. The molecule has 0 amide bonds. The minimum absolute atomic E-state index is 0.282. The van der Waals surface area contributed by atoms with Crippen LogP contribution in [0, 0.1) is 5.41 Å². The van der Waals surface area contributed by atoms with Crippen molar-refractivity contribution >= 4 is 11.4 Å². The Labute approximate surface area is 159 Å². The molecule has 1 fully saturated rings. The van der Waals surface area contributed by atoms with Gasteiger partial charge in [0.2, 0.25) is 0 Å². The quantitative estimate of drug-likeness (QED) is 0.523. The standard InChI is InChI=1S/C21H24N6/c22-19-9-2-1-8-18(19)21(23)20-15-27(25-24-20)17-7-5-6-16(14-17)10-13-26-11-3-4-12-26/h1-2,5-9,14-15,23H,3-4,10-13,22H2. The first-order valence-electron chi connectivity index (χ1n) is 9.38. The summed E-state index contributed by atoms with van der Waals surface area (Å²) in [6, 6.07) is 15.7. The monoisotopic (exact) mass is 360 g/mol. The van der Waals surface area contributed by atoms with E-state index < -0.39 is 0 Å². The molecule has 1 aromatic heterocycles. The number of nitrogens with one attached hydrogen (secondary N) is 1. The molecule has 0 saturated carbocycles. The van der Waals surface area contributed by atoms with Gasteiger partial charge in [0, 0.05) is 17.8 Å². The maximum absolute atomic E-state index is 8.39. The number of rotatable bonds is 6. The predicted octanol–water partition coefficient (Wildman–Crippen LogP) is 2.90. The van der Waals surface area contributed by atoms with Crippen molar-refractivity contribution < 1.29 is 0 Å². The van der Waals surface area contributed by atoms with Gasteiger partial charge in [0.1, 0.15) is 5.69 Å². The summed E-state index contributed by atoms with van der Waals surface area (Å²) < 4.78 is 1.72. The van der Waals surface area contributed by atoms with Crippen LogP contribution in [0.4, 0.5) is 5.69 Å². The number of nitrogen functional groups attached to an aromatic ring is 1. The topological polar surface area (TPSA) is 83.8 Å². The normalized spacial score (nSPS) is 14.5. The van der Waals surface area contributed by atoms with Gasteiger partial charge < -0.3 is 10.6 Å². The Morgan fingerprint density at radius 1 is 1.07 bits per heavy atom. The maximum atomic E-state index is 8.39. The number of aromatic nitrogens is 3. The molecule has 0 unspecified atom stereocenters. The van der Waals surface area contributed by atoms with Gasteiger partial charge in [-0.25, -0.2) is 4.68 Å². The van der Waals surface area contributed by atoms with Crippen molar-refractivity contribution in [2.45, 2.75) is 19.3 Å². The highest BCUT2D eigenvalue weighted by atomic mass is 15.4. The number of nitrogens with two attached hydrogens (primary N) is 1. The van der Waals surface area contributed by atoms with Crippen LogP contribution in [-0.4, -0.2) is 45.2 Å². The summed E-state index contributed by atoms with van der Waals surface area (Å²) in [5, 5.41) is 16.8. The van der Waals surface area contributed by atoms with Crippen molar-refractivity contribution in [2.24, 2.45) is 0 Å². The molecule has 0 atom stereocenters. The maximum Gasteiger partial charge on any atom is 0.131 e. The summed E-state index contributed by atoms with van der Waals surface area (Å²) in [5.74, 6) is 0. The Balaban J connectivity index is 1.50. The van der Waals surface area contributed by atoms with Gasteiger partial charge in [-0.1, -0.05) is 35.5 Å². The Hall–Kier alpha value is -2.99. The molecule has 1 aliphatic rings. The van der Waals surface area contributed by atoms with Gasteiger partial charge in [0.15, 0.2) is 0 Å². The minimum Gasteiger partial charge on any atom is -0.398 e. The van der Waals surface area contributed by atoms with E-state index in [1.165, 1.54) is 31.5 Å². The second-order valence-electron chi connectivity index (χ2n) is 6.98. The lowest BCUT2D eigenvalue weighted by Gasteiger charge is -2.14. The van der Waals surface area contributed by atoms with E-state index in [9.17, 15) is 0 Å². The molecule has 6 nitrogen and oxygen atoms in total. The molecular formula is C21H24N6. The Bertz CT molecular complexity index is 939. The summed E-state index contributed by atoms with van der Waals surface area (Å²) >= 11 is 0. The van der Waals surface area contributed by atoms with Crippen LogP contribution in [-0.2, 0) is 6.42 Å². The summed E-state index contributed by atoms with van der Waals surface area (Å²) in [7, 11) is 0. The average Bonchev–Trinajstić information content (AvgIpc) is 3.39. The molecule has 138 valence electrons. The molecule has 1 saturated heterocycles. The third kappa shape index (κ3) is 3.90. The van der Waals surface area contributed by atoms with Gasteiger partial charge in [-0.3, -0.25) is 5.41 Å². The highest BCUT2D eigenvalue weighted by Gasteiger charge is 2.13. The van der Waals surface area contributed by atoms with Crippen molar-refractivity contribution in [3.63, 3.8) is 0 Å². The van der Waals surface area contributed by atoms with E-state index >= 15 is 0 Å². The average molecular weight is 360 g/mol. The molecule has 3 aromatic rings. The number of anilines is 1. The van der Waals surface area contributed by atoms with Gasteiger partial charge in [0.25, 0.3) is 0 Å². The number of para-hydroxylation sites is 1. The van der Waals surface area contributed by atoms with E-state index in [1.54, 1.807) is 16.9 Å². The van der Waals surface area contributed by atoms with Gasteiger partial charge in [0.05, 0.1) is 17.6 Å². The lowest BCUT2D eigenvalue weighted by Crippen LogP contribution is -2.21. The van der Waals surface area contributed by atoms with Gasteiger partial charge >= 0.3 is 0 Å². The van der Waals surface area contributed by atoms with Crippen molar-refractivity contribution in [3.05, 3.63) is 71.5 Å². The molecule has 0 spiro atoms. The van der Waals surface area contributed by atoms with Gasteiger partial charge in [-0.15, -0.1) is 5.10 Å². The number of benzene rings is 2. The third-order valence-electron chi connectivity index (χ3n) is 5.07. The van der Waals surface area contributed by atoms with Crippen molar-refractivity contribution in [1.82, 2.24) is 19.9 Å². The Kier molecular flexibility index (Phi) is 4.98. The summed E-state index contributed by atoms with van der Waals surface area (Å²) in [5.41, 5.74) is 10.3. The van der Waals surface area contributed by atoms with E-state index in [1.807, 2.05) is 24.3 Å². The van der Waals surface area contributed by atoms with Crippen LogP contribution in [0.5, 0.6) is 0 Å². The van der Waals surface area contributed by atoms with Crippen LogP contribution >= 0.6 is 0 Å².